The van der Waals surface area contributed by atoms with Crippen LogP contribution in [0.2, 0.25) is 0 Å². The van der Waals surface area contributed by atoms with E-state index in [9.17, 15) is 4.39 Å². The molecule has 3 heteroatoms. The summed E-state index contributed by atoms with van der Waals surface area (Å²) < 4.78 is 13.5. The van der Waals surface area contributed by atoms with Gasteiger partial charge in [-0.05, 0) is 61.4 Å². The van der Waals surface area contributed by atoms with Gasteiger partial charge in [0.1, 0.15) is 5.82 Å². The second kappa shape index (κ2) is 5.42. The predicted octanol–water partition coefficient (Wildman–Crippen LogP) is 4.48. The Hall–Kier alpha value is -2.21. The lowest BCUT2D eigenvalue weighted by Crippen LogP contribution is -2.07. The average molecular weight is 266 g/mol. The van der Waals surface area contributed by atoms with Gasteiger partial charge in [-0.1, -0.05) is 5.57 Å². The van der Waals surface area contributed by atoms with Crippen LogP contribution in [0.15, 0.2) is 42.1 Å². The summed E-state index contributed by atoms with van der Waals surface area (Å²) in [7, 11) is 0. The largest absolute Gasteiger partial charge is 0.256 e. The van der Waals surface area contributed by atoms with E-state index in [0.29, 0.717) is 5.92 Å². The second-order valence-corrected chi connectivity index (χ2v) is 5.27. The van der Waals surface area contributed by atoms with Gasteiger partial charge in [0.15, 0.2) is 0 Å². The topological polar surface area (TPSA) is 36.7 Å². The molecule has 0 saturated heterocycles. The Balaban J connectivity index is 1.94. The lowest BCUT2D eigenvalue weighted by Gasteiger charge is -2.24. The van der Waals surface area contributed by atoms with Crippen LogP contribution < -0.4 is 0 Å². The summed E-state index contributed by atoms with van der Waals surface area (Å²) in [4.78, 5) is 4.30. The van der Waals surface area contributed by atoms with E-state index in [1.807, 2.05) is 6.07 Å². The van der Waals surface area contributed by atoms with Gasteiger partial charge in [0, 0.05) is 17.7 Å². The van der Waals surface area contributed by atoms with E-state index in [2.05, 4.69) is 11.1 Å². The number of hydrogen-bond donors (Lipinski definition) is 0. The molecule has 1 aromatic heterocycles. The van der Waals surface area contributed by atoms with Crippen molar-refractivity contribution in [3.63, 3.8) is 0 Å². The fourth-order valence-corrected chi connectivity index (χ4v) is 3.03. The Bertz CT molecular complexity index is 702. The highest BCUT2D eigenvalue weighted by atomic mass is 19.1. The van der Waals surface area contributed by atoms with Crippen LogP contribution in [0.4, 0.5) is 4.39 Å². The molecule has 0 radical (unpaired) electrons. The number of allylic oxidation sites excluding steroid dienone is 2. The van der Waals surface area contributed by atoms with Gasteiger partial charge in [-0.25, -0.2) is 4.39 Å². The van der Waals surface area contributed by atoms with Gasteiger partial charge < -0.3 is 0 Å². The minimum atomic E-state index is -0.215. The van der Waals surface area contributed by atoms with Crippen molar-refractivity contribution in [2.75, 3.05) is 0 Å². The van der Waals surface area contributed by atoms with E-state index in [0.717, 1.165) is 36.6 Å². The number of aromatic nitrogens is 1. The van der Waals surface area contributed by atoms with Gasteiger partial charge in [0.2, 0.25) is 0 Å². The lowest BCUT2D eigenvalue weighted by atomic mass is 9.80. The third kappa shape index (κ3) is 2.42. The van der Waals surface area contributed by atoms with Crippen molar-refractivity contribution in [3.8, 4) is 6.07 Å². The van der Waals surface area contributed by atoms with Crippen LogP contribution in [-0.4, -0.2) is 4.98 Å². The van der Waals surface area contributed by atoms with Crippen molar-refractivity contribution in [2.45, 2.75) is 31.6 Å². The summed E-state index contributed by atoms with van der Waals surface area (Å²) in [6.07, 6.45) is 7.41. The third-order valence-corrected chi connectivity index (χ3v) is 4.07. The first kappa shape index (κ1) is 12.8. The summed E-state index contributed by atoms with van der Waals surface area (Å²) in [5.74, 6) is 0.214. The Morgan fingerprint density at radius 1 is 1.25 bits per heavy atom. The van der Waals surface area contributed by atoms with Crippen molar-refractivity contribution in [1.29, 1.82) is 5.26 Å². The molecule has 2 nitrogen and oxygen atoms in total. The second-order valence-electron chi connectivity index (χ2n) is 5.27. The van der Waals surface area contributed by atoms with E-state index >= 15 is 0 Å². The van der Waals surface area contributed by atoms with Gasteiger partial charge in [-0.3, -0.25) is 4.98 Å². The number of hydrogen-bond acceptors (Lipinski definition) is 2. The molecule has 0 bridgehead atoms. The highest BCUT2D eigenvalue weighted by Crippen LogP contribution is 2.37. The fourth-order valence-electron chi connectivity index (χ4n) is 3.03. The van der Waals surface area contributed by atoms with E-state index in [1.165, 1.54) is 17.2 Å². The Labute approximate surface area is 117 Å². The molecule has 1 heterocycles. The maximum absolute atomic E-state index is 13.5. The molecule has 0 spiro atoms. The summed E-state index contributed by atoms with van der Waals surface area (Å²) in [5.41, 5.74) is 3.26. The lowest BCUT2D eigenvalue weighted by molar-refractivity contribution is 0.519. The van der Waals surface area contributed by atoms with Crippen LogP contribution in [0, 0.1) is 17.1 Å². The van der Waals surface area contributed by atoms with Crippen molar-refractivity contribution < 1.29 is 4.39 Å². The number of pyridine rings is 1. The summed E-state index contributed by atoms with van der Waals surface area (Å²) in [5, 5.41) is 9.62. The van der Waals surface area contributed by atoms with E-state index in [4.69, 9.17) is 5.26 Å². The van der Waals surface area contributed by atoms with Crippen LogP contribution in [0.25, 0.3) is 10.9 Å². The normalized spacial score (nSPS) is 18.8. The summed E-state index contributed by atoms with van der Waals surface area (Å²) >= 11 is 0. The number of benzene rings is 1. The maximum Gasteiger partial charge on any atom is 0.123 e. The molecule has 1 aliphatic carbocycles. The Morgan fingerprint density at radius 2 is 2.05 bits per heavy atom. The first-order valence-electron chi connectivity index (χ1n) is 6.89. The molecule has 1 saturated carbocycles. The van der Waals surface area contributed by atoms with Crippen molar-refractivity contribution >= 4 is 10.9 Å². The van der Waals surface area contributed by atoms with Gasteiger partial charge in [-0.2, -0.15) is 5.26 Å². The third-order valence-electron chi connectivity index (χ3n) is 4.07. The predicted molar refractivity (Wildman–Crippen MR) is 76.6 cm³/mol. The highest BCUT2D eigenvalue weighted by Gasteiger charge is 2.20. The first-order valence-corrected chi connectivity index (χ1v) is 6.89. The van der Waals surface area contributed by atoms with Gasteiger partial charge >= 0.3 is 0 Å². The number of nitrogens with zero attached hydrogens (tertiary/aromatic N) is 2. The number of halogens is 1. The monoisotopic (exact) mass is 266 g/mol. The standard InChI is InChI=1S/C17H15FN2/c18-14-5-6-17-16(11-14)15(8-10-20-17)13-3-1-12(2-4-13)7-9-19/h5-8,10-11,13H,1-4H2. The van der Waals surface area contributed by atoms with Crippen LogP contribution in [0.3, 0.4) is 0 Å². The van der Waals surface area contributed by atoms with Crippen molar-refractivity contribution in [1.82, 2.24) is 4.98 Å². The SMILES string of the molecule is N#CC=C1CCC(c2ccnc3ccc(F)cc23)CC1. The smallest absolute Gasteiger partial charge is 0.123 e. The molecule has 0 atom stereocenters. The maximum atomic E-state index is 13.5. The minimum absolute atomic E-state index is 0.215. The molecule has 1 aromatic carbocycles. The molecule has 100 valence electrons. The first-order chi connectivity index (χ1) is 9.78. The minimum Gasteiger partial charge on any atom is -0.256 e. The van der Waals surface area contributed by atoms with Crippen molar-refractivity contribution in [3.05, 3.63) is 53.5 Å². The van der Waals surface area contributed by atoms with Gasteiger partial charge in [-0.15, -0.1) is 0 Å². The van der Waals surface area contributed by atoms with Crippen molar-refractivity contribution in [2.24, 2.45) is 0 Å². The summed E-state index contributed by atoms with van der Waals surface area (Å²) in [6, 6.07) is 8.88. The quantitative estimate of drug-likeness (QED) is 0.713. The summed E-state index contributed by atoms with van der Waals surface area (Å²) in [6.45, 7) is 0. The molecule has 0 amide bonds. The van der Waals surface area contributed by atoms with Crippen LogP contribution in [0.5, 0.6) is 0 Å². The molecule has 1 fully saturated rings. The zero-order valence-electron chi connectivity index (χ0n) is 11.1. The molecule has 0 N–H and O–H groups in total. The zero-order chi connectivity index (χ0) is 13.9. The van der Waals surface area contributed by atoms with Gasteiger partial charge in [0.25, 0.3) is 0 Å². The molecular formula is C17H15FN2. The van der Waals surface area contributed by atoms with Crippen LogP contribution >= 0.6 is 0 Å². The molecule has 1 aliphatic rings. The van der Waals surface area contributed by atoms with Gasteiger partial charge in [0.05, 0.1) is 11.6 Å². The molecule has 0 aliphatic heterocycles. The molecule has 20 heavy (non-hydrogen) atoms. The molecule has 0 unspecified atom stereocenters. The fraction of sp³-hybridized carbons (Fsp3) is 0.294. The Kier molecular flexibility index (Phi) is 3.47. The zero-order valence-corrected chi connectivity index (χ0v) is 11.1. The number of rotatable bonds is 1. The highest BCUT2D eigenvalue weighted by molar-refractivity contribution is 5.82. The molecule has 3 rings (SSSR count). The Morgan fingerprint density at radius 3 is 2.80 bits per heavy atom. The number of fused-ring (bicyclic) bond motifs is 1. The average Bonchev–Trinajstić information content (AvgIpc) is 2.48. The van der Waals surface area contributed by atoms with E-state index < -0.39 is 0 Å². The van der Waals surface area contributed by atoms with Crippen LogP contribution in [0.1, 0.15) is 37.2 Å². The number of nitriles is 1. The molecular weight excluding hydrogens is 251 g/mol. The van der Waals surface area contributed by atoms with Crippen LogP contribution in [-0.2, 0) is 0 Å². The van der Waals surface area contributed by atoms with E-state index in [1.54, 1.807) is 24.4 Å². The van der Waals surface area contributed by atoms with E-state index in [-0.39, 0.29) is 5.82 Å². The molecule has 2 aromatic rings.